The fourth-order valence-corrected chi connectivity index (χ4v) is 2.12. The molecule has 5 nitrogen and oxygen atoms in total. The van der Waals surface area contributed by atoms with E-state index in [0.29, 0.717) is 6.54 Å². The van der Waals surface area contributed by atoms with E-state index in [9.17, 15) is 4.79 Å². The Bertz CT molecular complexity index is 618. The van der Waals surface area contributed by atoms with Crippen molar-refractivity contribution in [2.24, 2.45) is 7.05 Å². The Morgan fingerprint density at radius 1 is 1.45 bits per heavy atom. The van der Waals surface area contributed by atoms with E-state index < -0.39 is 0 Å². The van der Waals surface area contributed by atoms with Crippen molar-refractivity contribution in [1.82, 2.24) is 20.4 Å². The van der Waals surface area contributed by atoms with Crippen LogP contribution in [0, 0.1) is 6.92 Å². The lowest BCUT2D eigenvalue weighted by molar-refractivity contribution is 0.237. The topological polar surface area (TPSA) is 59.0 Å². The Morgan fingerprint density at radius 2 is 2.20 bits per heavy atom. The van der Waals surface area contributed by atoms with E-state index in [-0.39, 0.29) is 12.1 Å². The van der Waals surface area contributed by atoms with E-state index in [4.69, 9.17) is 0 Å². The molecule has 0 aliphatic rings. The number of nitrogens with zero attached hydrogens (tertiary/aromatic N) is 2. The van der Waals surface area contributed by atoms with Crippen LogP contribution in [-0.2, 0) is 13.6 Å². The number of fused-ring (bicyclic) bond motifs is 1. The van der Waals surface area contributed by atoms with Gasteiger partial charge in [-0.1, -0.05) is 18.6 Å². The summed E-state index contributed by atoms with van der Waals surface area (Å²) in [4.78, 5) is 11.7. The van der Waals surface area contributed by atoms with E-state index in [1.165, 1.54) is 5.56 Å². The van der Waals surface area contributed by atoms with Crippen molar-refractivity contribution in [2.75, 3.05) is 0 Å². The minimum atomic E-state index is -0.147. The summed E-state index contributed by atoms with van der Waals surface area (Å²) in [5, 5.41) is 11.3. The molecule has 1 aromatic heterocycles. The molecule has 0 spiro atoms. The minimum absolute atomic E-state index is 0.147. The largest absolute Gasteiger partial charge is 0.336 e. The number of carbonyl (C=O) groups is 1. The second-order valence-corrected chi connectivity index (χ2v) is 5.23. The first-order valence-electron chi connectivity index (χ1n) is 6.98. The molecule has 0 fully saturated rings. The standard InChI is InChI=1S/C15H22N4O/c1-5-11(3)17-15(20)16-9-13-12-8-10(2)6-7-14(12)19(4)18-13/h6-8,11H,5,9H2,1-4H3,(H2,16,17,20)/t11-/m1/s1. The van der Waals surface area contributed by atoms with Crippen LogP contribution in [0.4, 0.5) is 4.79 Å². The second-order valence-electron chi connectivity index (χ2n) is 5.23. The summed E-state index contributed by atoms with van der Waals surface area (Å²) < 4.78 is 1.85. The molecule has 1 aromatic carbocycles. The molecule has 2 N–H and O–H groups in total. The molecule has 108 valence electrons. The van der Waals surface area contributed by atoms with Crippen molar-refractivity contribution in [3.63, 3.8) is 0 Å². The summed E-state index contributed by atoms with van der Waals surface area (Å²) in [7, 11) is 1.92. The van der Waals surface area contributed by atoms with Gasteiger partial charge in [-0.25, -0.2) is 4.79 Å². The van der Waals surface area contributed by atoms with Crippen LogP contribution in [0.25, 0.3) is 10.9 Å². The van der Waals surface area contributed by atoms with Gasteiger partial charge in [0.2, 0.25) is 0 Å². The molecule has 1 atom stereocenters. The average molecular weight is 274 g/mol. The number of aromatic nitrogens is 2. The number of carbonyl (C=O) groups excluding carboxylic acids is 1. The zero-order chi connectivity index (χ0) is 14.7. The first-order chi connectivity index (χ1) is 9.51. The highest BCUT2D eigenvalue weighted by Crippen LogP contribution is 2.19. The van der Waals surface area contributed by atoms with Crippen molar-refractivity contribution in [3.05, 3.63) is 29.5 Å². The van der Waals surface area contributed by atoms with Crippen LogP contribution in [0.3, 0.4) is 0 Å². The number of amides is 2. The van der Waals surface area contributed by atoms with E-state index >= 15 is 0 Å². The van der Waals surface area contributed by atoms with Gasteiger partial charge in [-0.05, 0) is 32.4 Å². The molecule has 2 aromatic rings. The lowest BCUT2D eigenvalue weighted by Gasteiger charge is -2.11. The fraction of sp³-hybridized carbons (Fsp3) is 0.467. The molecular weight excluding hydrogens is 252 g/mol. The van der Waals surface area contributed by atoms with Gasteiger partial charge in [-0.2, -0.15) is 5.10 Å². The van der Waals surface area contributed by atoms with Crippen LogP contribution in [0.15, 0.2) is 18.2 Å². The van der Waals surface area contributed by atoms with Crippen LogP contribution in [0.2, 0.25) is 0 Å². The monoisotopic (exact) mass is 274 g/mol. The van der Waals surface area contributed by atoms with E-state index in [0.717, 1.165) is 23.0 Å². The number of nitrogens with one attached hydrogen (secondary N) is 2. The van der Waals surface area contributed by atoms with Crippen LogP contribution in [-0.4, -0.2) is 21.9 Å². The summed E-state index contributed by atoms with van der Waals surface area (Å²) >= 11 is 0. The minimum Gasteiger partial charge on any atom is -0.336 e. The maximum absolute atomic E-state index is 11.7. The molecule has 0 aliphatic heterocycles. The summed E-state index contributed by atoms with van der Waals surface area (Å²) in [6.45, 7) is 6.52. The average Bonchev–Trinajstić information content (AvgIpc) is 2.72. The van der Waals surface area contributed by atoms with Gasteiger partial charge < -0.3 is 10.6 Å². The molecule has 0 bridgehead atoms. The predicted molar refractivity (Wildman–Crippen MR) is 80.6 cm³/mol. The lowest BCUT2D eigenvalue weighted by atomic mass is 10.1. The molecule has 0 radical (unpaired) electrons. The summed E-state index contributed by atoms with van der Waals surface area (Å²) in [5.41, 5.74) is 3.16. The van der Waals surface area contributed by atoms with Gasteiger partial charge in [-0.15, -0.1) is 0 Å². The summed E-state index contributed by atoms with van der Waals surface area (Å²) in [6, 6.07) is 6.26. The predicted octanol–water partition coefficient (Wildman–Crippen LogP) is 2.48. The SMILES string of the molecule is CC[C@@H](C)NC(=O)NCc1nn(C)c2ccc(C)cc12. The third-order valence-electron chi connectivity index (χ3n) is 3.49. The molecule has 0 aliphatic carbocycles. The van der Waals surface area contributed by atoms with Crippen molar-refractivity contribution < 1.29 is 4.79 Å². The zero-order valence-electron chi connectivity index (χ0n) is 12.5. The molecule has 0 unspecified atom stereocenters. The third-order valence-corrected chi connectivity index (χ3v) is 3.49. The van der Waals surface area contributed by atoms with Gasteiger partial charge in [0.25, 0.3) is 0 Å². The van der Waals surface area contributed by atoms with E-state index in [2.05, 4.69) is 40.9 Å². The van der Waals surface area contributed by atoms with Crippen LogP contribution < -0.4 is 10.6 Å². The first kappa shape index (κ1) is 14.4. The summed E-state index contributed by atoms with van der Waals surface area (Å²) in [6.07, 6.45) is 0.916. The smallest absolute Gasteiger partial charge is 0.315 e. The molecular formula is C15H22N4O. The van der Waals surface area contributed by atoms with Crippen molar-refractivity contribution in [3.8, 4) is 0 Å². The van der Waals surface area contributed by atoms with Crippen molar-refractivity contribution in [2.45, 2.75) is 39.8 Å². The highest BCUT2D eigenvalue weighted by Gasteiger charge is 2.10. The molecule has 0 saturated carbocycles. The van der Waals surface area contributed by atoms with Crippen LogP contribution >= 0.6 is 0 Å². The number of hydrogen-bond donors (Lipinski definition) is 2. The maximum Gasteiger partial charge on any atom is 0.315 e. The highest BCUT2D eigenvalue weighted by molar-refractivity contribution is 5.83. The molecule has 20 heavy (non-hydrogen) atoms. The Labute approximate surface area is 119 Å². The second kappa shape index (κ2) is 5.94. The van der Waals surface area contributed by atoms with Gasteiger partial charge in [0.1, 0.15) is 0 Å². The number of aryl methyl sites for hydroxylation is 2. The number of benzene rings is 1. The van der Waals surface area contributed by atoms with Gasteiger partial charge in [-0.3, -0.25) is 4.68 Å². The van der Waals surface area contributed by atoms with Crippen molar-refractivity contribution >= 4 is 16.9 Å². The number of urea groups is 1. The van der Waals surface area contributed by atoms with Gasteiger partial charge in [0, 0.05) is 18.5 Å². The summed E-state index contributed by atoms with van der Waals surface area (Å²) in [5.74, 6) is 0. The maximum atomic E-state index is 11.7. The third kappa shape index (κ3) is 3.10. The van der Waals surface area contributed by atoms with Crippen LogP contribution in [0.5, 0.6) is 0 Å². The number of hydrogen-bond acceptors (Lipinski definition) is 2. The fourth-order valence-electron chi connectivity index (χ4n) is 2.12. The Kier molecular flexibility index (Phi) is 4.27. The van der Waals surface area contributed by atoms with E-state index in [1.54, 1.807) is 0 Å². The molecule has 5 heteroatoms. The van der Waals surface area contributed by atoms with E-state index in [1.807, 2.05) is 25.6 Å². The van der Waals surface area contributed by atoms with Crippen molar-refractivity contribution in [1.29, 1.82) is 0 Å². The highest BCUT2D eigenvalue weighted by atomic mass is 16.2. The van der Waals surface area contributed by atoms with Crippen LogP contribution in [0.1, 0.15) is 31.5 Å². The quantitative estimate of drug-likeness (QED) is 0.900. The normalized spacial score (nSPS) is 12.4. The lowest BCUT2D eigenvalue weighted by Crippen LogP contribution is -2.40. The molecule has 2 amide bonds. The van der Waals surface area contributed by atoms with Gasteiger partial charge in [0.15, 0.2) is 0 Å². The Morgan fingerprint density at radius 3 is 2.90 bits per heavy atom. The molecule has 1 heterocycles. The van der Waals surface area contributed by atoms with Gasteiger partial charge >= 0.3 is 6.03 Å². The molecule has 0 saturated heterocycles. The number of rotatable bonds is 4. The Balaban J connectivity index is 2.10. The Hall–Kier alpha value is -2.04. The van der Waals surface area contributed by atoms with Gasteiger partial charge in [0.05, 0.1) is 17.8 Å². The first-order valence-corrected chi connectivity index (χ1v) is 6.98. The molecule has 2 rings (SSSR count). The zero-order valence-corrected chi connectivity index (χ0v) is 12.5.